The topological polar surface area (TPSA) is 105 Å². The van der Waals surface area contributed by atoms with Gasteiger partial charge in [0.05, 0.1) is 13.2 Å². The van der Waals surface area contributed by atoms with Crippen molar-refractivity contribution in [2.45, 2.75) is 37.8 Å². The first kappa shape index (κ1) is 19.6. The van der Waals surface area contributed by atoms with E-state index in [0.717, 1.165) is 5.56 Å². The first-order valence-electron chi connectivity index (χ1n) is 7.79. The number of esters is 1. The van der Waals surface area contributed by atoms with Gasteiger partial charge >= 0.3 is 11.9 Å². The summed E-state index contributed by atoms with van der Waals surface area (Å²) < 4.78 is 4.76. The van der Waals surface area contributed by atoms with E-state index in [1.165, 1.54) is 7.11 Å². The summed E-state index contributed by atoms with van der Waals surface area (Å²) in [5.41, 5.74) is 0.903. The van der Waals surface area contributed by atoms with Crippen molar-refractivity contribution in [3.8, 4) is 0 Å². The van der Waals surface area contributed by atoms with Crippen LogP contribution in [0.5, 0.6) is 0 Å². The number of hydrogen-bond donors (Lipinski definition) is 3. The van der Waals surface area contributed by atoms with Gasteiger partial charge in [0.1, 0.15) is 6.04 Å². The largest absolute Gasteiger partial charge is 0.481 e. The number of amides is 1. The van der Waals surface area contributed by atoms with E-state index in [0.29, 0.717) is 19.3 Å². The normalized spacial score (nSPS) is 12.9. The lowest BCUT2D eigenvalue weighted by atomic mass is 10.0. The first-order chi connectivity index (χ1) is 11.5. The van der Waals surface area contributed by atoms with Crippen LogP contribution in [0.25, 0.3) is 0 Å². The van der Waals surface area contributed by atoms with Gasteiger partial charge < -0.3 is 20.5 Å². The van der Waals surface area contributed by atoms with Crippen LogP contribution >= 0.6 is 0 Å². The molecule has 1 aromatic carbocycles. The minimum Gasteiger partial charge on any atom is -0.481 e. The minimum absolute atomic E-state index is 0.00406. The number of aliphatic carboxylic acids is 1. The summed E-state index contributed by atoms with van der Waals surface area (Å²) in [6.45, 7) is 0. The third kappa shape index (κ3) is 6.78. The zero-order valence-electron chi connectivity index (χ0n) is 14.0. The highest BCUT2D eigenvalue weighted by Gasteiger charge is 2.25. The minimum atomic E-state index is -0.901. The molecule has 7 heteroatoms. The Morgan fingerprint density at radius 1 is 1.17 bits per heavy atom. The monoisotopic (exact) mass is 336 g/mol. The van der Waals surface area contributed by atoms with Crippen molar-refractivity contribution in [2.24, 2.45) is 0 Å². The smallest absolute Gasteiger partial charge is 0.328 e. The fourth-order valence-electron chi connectivity index (χ4n) is 2.32. The Morgan fingerprint density at radius 3 is 2.38 bits per heavy atom. The summed E-state index contributed by atoms with van der Waals surface area (Å²) >= 11 is 0. The average Bonchev–Trinajstić information content (AvgIpc) is 2.58. The molecule has 2 atom stereocenters. The lowest BCUT2D eigenvalue weighted by Crippen LogP contribution is -2.50. The van der Waals surface area contributed by atoms with Gasteiger partial charge in [-0.2, -0.15) is 0 Å². The van der Waals surface area contributed by atoms with Crippen LogP contribution < -0.4 is 10.6 Å². The number of carbonyl (C=O) groups excluding carboxylic acids is 2. The molecule has 1 rings (SSSR count). The summed E-state index contributed by atoms with van der Waals surface area (Å²) in [5, 5.41) is 14.2. The maximum Gasteiger partial charge on any atom is 0.328 e. The molecule has 1 aromatic rings. The maximum atomic E-state index is 12.3. The lowest BCUT2D eigenvalue weighted by molar-refractivity contribution is -0.145. The molecule has 0 heterocycles. The Morgan fingerprint density at radius 2 is 1.83 bits per heavy atom. The van der Waals surface area contributed by atoms with Gasteiger partial charge in [0.15, 0.2) is 0 Å². The van der Waals surface area contributed by atoms with Gasteiger partial charge in [-0.25, -0.2) is 4.79 Å². The lowest BCUT2D eigenvalue weighted by Gasteiger charge is -2.21. The number of hydrogen-bond acceptors (Lipinski definition) is 5. The molecule has 0 aliphatic carbocycles. The van der Waals surface area contributed by atoms with E-state index in [9.17, 15) is 14.4 Å². The molecule has 0 fully saturated rings. The van der Waals surface area contributed by atoms with Crippen LogP contribution in [0, 0.1) is 0 Å². The fourth-order valence-corrected chi connectivity index (χ4v) is 2.32. The highest BCUT2D eigenvalue weighted by atomic mass is 16.5. The Kier molecular flexibility index (Phi) is 8.49. The van der Waals surface area contributed by atoms with Crippen LogP contribution in [0.3, 0.4) is 0 Å². The van der Waals surface area contributed by atoms with Crippen molar-refractivity contribution in [3.63, 3.8) is 0 Å². The summed E-state index contributed by atoms with van der Waals surface area (Å²) in [4.78, 5) is 34.8. The van der Waals surface area contributed by atoms with Crippen LogP contribution in [-0.2, 0) is 25.5 Å². The van der Waals surface area contributed by atoms with E-state index in [4.69, 9.17) is 9.84 Å². The Bertz CT molecular complexity index is 547. The SMILES string of the molecule is CN[C@@H](CCCC(=O)O)C(=O)N[C@@H](Cc1ccccc1)C(=O)OC. The van der Waals surface area contributed by atoms with Crippen molar-refractivity contribution in [1.29, 1.82) is 0 Å². The molecular formula is C17H24N2O5. The molecule has 0 saturated heterocycles. The van der Waals surface area contributed by atoms with E-state index in [1.54, 1.807) is 7.05 Å². The van der Waals surface area contributed by atoms with Crippen molar-refractivity contribution in [1.82, 2.24) is 10.6 Å². The number of methoxy groups -OCH3 is 1. The van der Waals surface area contributed by atoms with Gasteiger partial charge in [0.2, 0.25) is 5.91 Å². The third-order valence-corrected chi connectivity index (χ3v) is 3.63. The quantitative estimate of drug-likeness (QED) is 0.544. The molecule has 0 bridgehead atoms. The highest BCUT2D eigenvalue weighted by molar-refractivity contribution is 5.87. The molecule has 1 amide bonds. The number of likely N-dealkylation sites (N-methyl/N-ethyl adjacent to an activating group) is 1. The maximum absolute atomic E-state index is 12.3. The second-order valence-electron chi connectivity index (χ2n) is 5.40. The van der Waals surface area contributed by atoms with Gasteiger partial charge in [0, 0.05) is 12.8 Å². The average molecular weight is 336 g/mol. The van der Waals surface area contributed by atoms with Crippen molar-refractivity contribution in [2.75, 3.05) is 14.2 Å². The Hall–Kier alpha value is -2.41. The van der Waals surface area contributed by atoms with Gasteiger partial charge in [0.25, 0.3) is 0 Å². The number of rotatable bonds is 10. The number of carboxylic acids is 1. The summed E-state index contributed by atoms with van der Waals surface area (Å²) in [6.07, 6.45) is 1.06. The Labute approximate surface area is 141 Å². The second-order valence-corrected chi connectivity index (χ2v) is 5.40. The van der Waals surface area contributed by atoms with Gasteiger partial charge in [-0.15, -0.1) is 0 Å². The molecule has 0 aromatic heterocycles. The fraction of sp³-hybridized carbons (Fsp3) is 0.471. The number of carboxylic acid groups (broad SMARTS) is 1. The molecule has 0 saturated carbocycles. The van der Waals surface area contributed by atoms with Gasteiger partial charge in [-0.3, -0.25) is 9.59 Å². The second kappa shape index (κ2) is 10.4. The van der Waals surface area contributed by atoms with Crippen molar-refractivity contribution in [3.05, 3.63) is 35.9 Å². The predicted octanol–water partition coefficient (Wildman–Crippen LogP) is 0.730. The number of ether oxygens (including phenoxy) is 1. The van der Waals surface area contributed by atoms with Gasteiger partial charge in [-0.1, -0.05) is 30.3 Å². The number of nitrogens with one attached hydrogen (secondary N) is 2. The van der Waals surface area contributed by atoms with Crippen molar-refractivity contribution < 1.29 is 24.2 Å². The Balaban J connectivity index is 2.68. The molecular weight excluding hydrogens is 312 g/mol. The van der Waals surface area contributed by atoms with Crippen LogP contribution in [0.15, 0.2) is 30.3 Å². The van der Waals surface area contributed by atoms with Crippen LogP contribution in [-0.4, -0.2) is 49.2 Å². The van der Waals surface area contributed by atoms with E-state index < -0.39 is 24.0 Å². The summed E-state index contributed by atoms with van der Waals surface area (Å²) in [7, 11) is 2.89. The molecule has 0 aliphatic rings. The number of carbonyl (C=O) groups is 3. The summed E-state index contributed by atoms with van der Waals surface area (Å²) in [5.74, 6) is -1.77. The van der Waals surface area contributed by atoms with Gasteiger partial charge in [-0.05, 0) is 25.5 Å². The van der Waals surface area contributed by atoms with E-state index >= 15 is 0 Å². The zero-order chi connectivity index (χ0) is 17.9. The van der Waals surface area contributed by atoms with E-state index in [1.807, 2.05) is 30.3 Å². The van der Waals surface area contributed by atoms with Crippen molar-refractivity contribution >= 4 is 17.8 Å². The first-order valence-corrected chi connectivity index (χ1v) is 7.79. The third-order valence-electron chi connectivity index (χ3n) is 3.63. The van der Waals surface area contributed by atoms with Crippen LogP contribution in [0.2, 0.25) is 0 Å². The molecule has 0 spiro atoms. The molecule has 3 N–H and O–H groups in total. The molecule has 0 unspecified atom stereocenters. The molecule has 0 aliphatic heterocycles. The zero-order valence-corrected chi connectivity index (χ0v) is 14.0. The molecule has 24 heavy (non-hydrogen) atoms. The predicted molar refractivity (Wildman–Crippen MR) is 88.4 cm³/mol. The molecule has 7 nitrogen and oxygen atoms in total. The van der Waals surface area contributed by atoms with E-state index in [2.05, 4.69) is 10.6 Å². The standard InChI is InChI=1S/C17H24N2O5/c1-18-13(9-6-10-15(20)21)16(22)19-14(17(23)24-2)11-12-7-4-3-5-8-12/h3-5,7-8,13-14,18H,6,9-11H2,1-2H3,(H,19,22)(H,20,21)/t13-,14-/m0/s1. The summed E-state index contributed by atoms with van der Waals surface area (Å²) in [6, 6.07) is 7.96. The molecule has 132 valence electrons. The molecule has 0 radical (unpaired) electrons. The highest BCUT2D eigenvalue weighted by Crippen LogP contribution is 2.07. The number of benzene rings is 1. The van der Waals surface area contributed by atoms with Crippen LogP contribution in [0.1, 0.15) is 24.8 Å². The van der Waals surface area contributed by atoms with Crippen LogP contribution in [0.4, 0.5) is 0 Å². The van der Waals surface area contributed by atoms with E-state index in [-0.39, 0.29) is 12.3 Å².